The molecule has 1 aromatic heterocycles. The van der Waals surface area contributed by atoms with Crippen LogP contribution in [-0.4, -0.2) is 28.7 Å². The van der Waals surface area contributed by atoms with Crippen LogP contribution in [0.5, 0.6) is 11.6 Å². The second kappa shape index (κ2) is 7.60. The maximum Gasteiger partial charge on any atom is 0.201 e. The van der Waals surface area contributed by atoms with E-state index in [9.17, 15) is 5.11 Å². The van der Waals surface area contributed by atoms with E-state index >= 15 is 0 Å². The first-order valence-corrected chi connectivity index (χ1v) is 11.0. The van der Waals surface area contributed by atoms with Crippen LogP contribution >= 0.6 is 15.9 Å². The fraction of sp³-hybridized carbons (Fsp3) is 0.292. The van der Waals surface area contributed by atoms with Gasteiger partial charge in [-0.25, -0.2) is 4.99 Å². The fourth-order valence-electron chi connectivity index (χ4n) is 4.23. The lowest BCUT2D eigenvalue weighted by atomic mass is 9.93. The van der Waals surface area contributed by atoms with Crippen LogP contribution in [0.25, 0.3) is 11.3 Å². The Labute approximate surface area is 184 Å². The van der Waals surface area contributed by atoms with Gasteiger partial charge in [-0.3, -0.25) is 0 Å². The standard InChI is InChI=1S/C24H23BrN2O3/c1-3-4-13-27-21(16-7-5-6-8-17(16)29-2)19-18(24(27)28)20(26-23-22(19)30-23)14-9-11-15(25)12-10-14/h5-12,22-23,28H,3-4,13H2,1-2H3. The predicted octanol–water partition coefficient (Wildman–Crippen LogP) is 5.68. The molecule has 2 aliphatic heterocycles. The average molecular weight is 467 g/mol. The number of halogens is 1. The molecule has 3 heterocycles. The van der Waals surface area contributed by atoms with Crippen LogP contribution < -0.4 is 4.74 Å². The summed E-state index contributed by atoms with van der Waals surface area (Å²) in [5, 5.41) is 11.4. The zero-order valence-electron chi connectivity index (χ0n) is 16.9. The quantitative estimate of drug-likeness (QED) is 0.475. The van der Waals surface area contributed by atoms with E-state index in [1.54, 1.807) is 7.11 Å². The molecule has 30 heavy (non-hydrogen) atoms. The average Bonchev–Trinajstić information content (AvgIpc) is 3.49. The molecule has 1 saturated heterocycles. The lowest BCUT2D eigenvalue weighted by Gasteiger charge is -2.15. The molecule has 0 radical (unpaired) electrons. The van der Waals surface area contributed by atoms with Gasteiger partial charge in [-0.2, -0.15) is 0 Å². The Kier molecular flexibility index (Phi) is 4.91. The number of epoxide rings is 1. The number of hydrogen-bond acceptors (Lipinski definition) is 4. The molecule has 0 spiro atoms. The van der Waals surface area contributed by atoms with E-state index in [0.29, 0.717) is 6.54 Å². The summed E-state index contributed by atoms with van der Waals surface area (Å²) in [4.78, 5) is 4.80. The number of hydrogen-bond donors (Lipinski definition) is 1. The third kappa shape index (κ3) is 3.06. The molecule has 0 saturated carbocycles. The Morgan fingerprint density at radius 1 is 1.17 bits per heavy atom. The smallest absolute Gasteiger partial charge is 0.201 e. The van der Waals surface area contributed by atoms with E-state index in [-0.39, 0.29) is 18.2 Å². The molecule has 0 bridgehead atoms. The topological polar surface area (TPSA) is 59.3 Å². The maximum absolute atomic E-state index is 11.4. The van der Waals surface area contributed by atoms with Crippen molar-refractivity contribution in [1.29, 1.82) is 0 Å². The second-order valence-corrected chi connectivity index (χ2v) is 8.51. The van der Waals surface area contributed by atoms with Crippen molar-refractivity contribution in [2.24, 2.45) is 4.99 Å². The number of unbranched alkanes of at least 4 members (excludes halogenated alkanes) is 1. The SMILES string of the molecule is CCCCn1c(O)c2c(c1-c1ccccc1OC)C1OC1N=C2c1ccc(Br)cc1. The van der Waals surface area contributed by atoms with E-state index < -0.39 is 0 Å². The summed E-state index contributed by atoms with van der Waals surface area (Å²) in [5.41, 5.74) is 5.44. The summed E-state index contributed by atoms with van der Waals surface area (Å²) in [6.07, 6.45) is 1.66. The first-order valence-electron chi connectivity index (χ1n) is 10.2. The maximum atomic E-state index is 11.4. The molecule has 2 unspecified atom stereocenters. The van der Waals surface area contributed by atoms with Gasteiger partial charge in [0, 0.05) is 27.7 Å². The molecular formula is C24H23BrN2O3. The molecular weight excluding hydrogens is 444 g/mol. The molecule has 0 aliphatic carbocycles. The van der Waals surface area contributed by atoms with Gasteiger partial charge < -0.3 is 19.1 Å². The van der Waals surface area contributed by atoms with Gasteiger partial charge in [0.25, 0.3) is 0 Å². The molecule has 154 valence electrons. The zero-order valence-corrected chi connectivity index (χ0v) is 18.5. The van der Waals surface area contributed by atoms with Crippen LogP contribution in [0.15, 0.2) is 58.0 Å². The van der Waals surface area contributed by atoms with Crippen molar-refractivity contribution in [3.63, 3.8) is 0 Å². The van der Waals surface area contributed by atoms with E-state index in [1.807, 2.05) is 53.1 Å². The molecule has 3 aromatic rings. The molecule has 2 aliphatic rings. The molecule has 1 fully saturated rings. The van der Waals surface area contributed by atoms with Gasteiger partial charge in [0.15, 0.2) is 6.23 Å². The lowest BCUT2D eigenvalue weighted by Crippen LogP contribution is -2.11. The van der Waals surface area contributed by atoms with E-state index in [2.05, 4.69) is 22.9 Å². The first-order chi connectivity index (χ1) is 14.6. The number of fused-ring (bicyclic) bond motifs is 3. The third-order valence-electron chi connectivity index (χ3n) is 5.73. The van der Waals surface area contributed by atoms with Crippen molar-refractivity contribution in [2.45, 2.75) is 38.6 Å². The van der Waals surface area contributed by atoms with Crippen molar-refractivity contribution in [3.05, 3.63) is 69.7 Å². The summed E-state index contributed by atoms with van der Waals surface area (Å²) < 4.78 is 14.6. The summed E-state index contributed by atoms with van der Waals surface area (Å²) in [6, 6.07) is 16.0. The van der Waals surface area contributed by atoms with Crippen LogP contribution in [0.2, 0.25) is 0 Å². The van der Waals surface area contributed by atoms with Crippen molar-refractivity contribution in [1.82, 2.24) is 4.57 Å². The number of aliphatic imine (C=N–C) groups is 1. The number of methoxy groups -OCH3 is 1. The Morgan fingerprint density at radius 3 is 2.67 bits per heavy atom. The van der Waals surface area contributed by atoms with Gasteiger partial charge in [-0.1, -0.05) is 53.5 Å². The second-order valence-electron chi connectivity index (χ2n) is 7.60. The van der Waals surface area contributed by atoms with Crippen LogP contribution in [-0.2, 0) is 11.3 Å². The van der Waals surface area contributed by atoms with E-state index in [1.165, 1.54) is 0 Å². The van der Waals surface area contributed by atoms with Gasteiger partial charge >= 0.3 is 0 Å². The number of para-hydroxylation sites is 1. The summed E-state index contributed by atoms with van der Waals surface area (Å²) >= 11 is 3.49. The van der Waals surface area contributed by atoms with Gasteiger partial charge in [0.2, 0.25) is 5.88 Å². The molecule has 5 nitrogen and oxygen atoms in total. The number of aromatic nitrogens is 1. The van der Waals surface area contributed by atoms with E-state index in [4.69, 9.17) is 14.5 Å². The minimum atomic E-state index is -0.203. The van der Waals surface area contributed by atoms with Crippen molar-refractivity contribution in [2.75, 3.05) is 7.11 Å². The summed E-state index contributed by atoms with van der Waals surface area (Å²) in [7, 11) is 1.68. The third-order valence-corrected chi connectivity index (χ3v) is 6.26. The molecule has 2 atom stereocenters. The van der Waals surface area contributed by atoms with Crippen LogP contribution in [0.1, 0.15) is 42.6 Å². The van der Waals surface area contributed by atoms with Crippen molar-refractivity contribution < 1.29 is 14.6 Å². The lowest BCUT2D eigenvalue weighted by molar-refractivity contribution is 0.380. The van der Waals surface area contributed by atoms with Crippen LogP contribution in [0, 0.1) is 0 Å². The molecule has 0 amide bonds. The molecule has 6 heteroatoms. The number of nitrogens with zero attached hydrogens (tertiary/aromatic N) is 2. The highest BCUT2D eigenvalue weighted by atomic mass is 79.9. The highest BCUT2D eigenvalue weighted by molar-refractivity contribution is 9.10. The molecule has 1 N–H and O–H groups in total. The first kappa shape index (κ1) is 19.4. The van der Waals surface area contributed by atoms with E-state index in [0.717, 1.165) is 56.7 Å². The number of benzene rings is 2. The number of ether oxygens (including phenoxy) is 2. The van der Waals surface area contributed by atoms with Crippen molar-refractivity contribution in [3.8, 4) is 22.9 Å². The fourth-order valence-corrected chi connectivity index (χ4v) is 4.50. The summed E-state index contributed by atoms with van der Waals surface area (Å²) in [6.45, 7) is 2.87. The highest BCUT2D eigenvalue weighted by Crippen LogP contribution is 2.54. The zero-order chi connectivity index (χ0) is 20.8. The Bertz CT molecular complexity index is 1130. The Balaban J connectivity index is 1.76. The Hall–Kier alpha value is -2.57. The minimum Gasteiger partial charge on any atom is -0.496 e. The largest absolute Gasteiger partial charge is 0.496 e. The summed E-state index contributed by atoms with van der Waals surface area (Å²) in [5.74, 6) is 1.02. The number of aromatic hydroxyl groups is 1. The monoisotopic (exact) mass is 466 g/mol. The normalized spacial score (nSPS) is 19.1. The van der Waals surface area contributed by atoms with Gasteiger partial charge in [-0.05, 0) is 30.7 Å². The molecule has 2 aromatic carbocycles. The van der Waals surface area contributed by atoms with Gasteiger partial charge in [0.05, 0.1) is 24.1 Å². The highest BCUT2D eigenvalue weighted by Gasteiger charge is 2.50. The number of rotatable bonds is 6. The minimum absolute atomic E-state index is 0.132. The van der Waals surface area contributed by atoms with Crippen LogP contribution in [0.3, 0.4) is 0 Å². The van der Waals surface area contributed by atoms with Gasteiger partial charge in [0.1, 0.15) is 11.9 Å². The van der Waals surface area contributed by atoms with Crippen LogP contribution in [0.4, 0.5) is 0 Å². The predicted molar refractivity (Wildman–Crippen MR) is 120 cm³/mol. The van der Waals surface area contributed by atoms with Crippen molar-refractivity contribution >= 4 is 21.6 Å². The Morgan fingerprint density at radius 2 is 1.93 bits per heavy atom. The van der Waals surface area contributed by atoms with Gasteiger partial charge in [-0.15, -0.1) is 0 Å². The molecule has 5 rings (SSSR count).